The molecule has 1 aliphatic rings. The highest BCUT2D eigenvalue weighted by atomic mass is 16.4. The highest BCUT2D eigenvalue weighted by Crippen LogP contribution is 2.20. The quantitative estimate of drug-likeness (QED) is 0.907. The van der Waals surface area contributed by atoms with Crippen LogP contribution >= 0.6 is 0 Å². The topological polar surface area (TPSA) is 77.9 Å². The molecule has 1 aliphatic heterocycles. The normalized spacial score (nSPS) is 17.7. The number of hydrogen-bond donors (Lipinski definition) is 1. The number of carbonyl (C=O) groups is 3. The first-order valence-corrected chi connectivity index (χ1v) is 8.65. The van der Waals surface area contributed by atoms with Gasteiger partial charge in [0.1, 0.15) is 6.54 Å². The third-order valence-corrected chi connectivity index (χ3v) is 4.75. The number of nitrogens with zero attached hydrogens (tertiary/aromatic N) is 2. The summed E-state index contributed by atoms with van der Waals surface area (Å²) >= 11 is 0. The third kappa shape index (κ3) is 4.81. The SMILES string of the molecule is CC(=O)N(CC(=O)O)C1CCCN(C(=O)c2ccc(C)cc2C)CC1. The van der Waals surface area contributed by atoms with Crippen LogP contribution in [0.1, 0.15) is 47.7 Å². The van der Waals surface area contributed by atoms with Gasteiger partial charge in [-0.3, -0.25) is 14.4 Å². The molecule has 0 aromatic heterocycles. The molecular formula is C19H26N2O4. The standard InChI is InChI=1S/C19H26N2O4/c1-13-6-7-17(14(2)11-13)19(25)20-9-4-5-16(8-10-20)21(15(3)22)12-18(23)24/h6-7,11,16H,4-5,8-10,12H2,1-3H3,(H,23,24). The number of carboxylic acids is 1. The van der Waals surface area contributed by atoms with E-state index in [1.165, 1.54) is 11.8 Å². The van der Waals surface area contributed by atoms with Crippen molar-refractivity contribution in [1.29, 1.82) is 0 Å². The van der Waals surface area contributed by atoms with Crippen molar-refractivity contribution in [2.75, 3.05) is 19.6 Å². The number of carboxylic acid groups (broad SMARTS) is 1. The van der Waals surface area contributed by atoms with Gasteiger partial charge in [0.2, 0.25) is 5.91 Å². The van der Waals surface area contributed by atoms with Crippen molar-refractivity contribution < 1.29 is 19.5 Å². The summed E-state index contributed by atoms with van der Waals surface area (Å²) in [5.74, 6) is -1.24. The van der Waals surface area contributed by atoms with Gasteiger partial charge in [0.05, 0.1) is 0 Å². The molecule has 1 N–H and O–H groups in total. The van der Waals surface area contributed by atoms with Crippen LogP contribution in [-0.4, -0.2) is 58.4 Å². The Bertz CT molecular complexity index is 671. The maximum absolute atomic E-state index is 12.8. The Hall–Kier alpha value is -2.37. The summed E-state index contributed by atoms with van der Waals surface area (Å²) in [6.45, 7) is 6.20. The zero-order valence-corrected chi connectivity index (χ0v) is 15.1. The van der Waals surface area contributed by atoms with E-state index in [2.05, 4.69) is 0 Å². The summed E-state index contributed by atoms with van der Waals surface area (Å²) in [6, 6.07) is 5.66. The first-order valence-electron chi connectivity index (χ1n) is 8.65. The molecule has 0 spiro atoms. The van der Waals surface area contributed by atoms with Gasteiger partial charge in [-0.25, -0.2) is 0 Å². The number of rotatable bonds is 4. The molecule has 0 aliphatic carbocycles. The number of hydrogen-bond acceptors (Lipinski definition) is 3. The minimum absolute atomic E-state index is 0.00533. The zero-order chi connectivity index (χ0) is 18.6. The molecule has 25 heavy (non-hydrogen) atoms. The van der Waals surface area contributed by atoms with E-state index >= 15 is 0 Å². The number of aliphatic carboxylic acids is 1. The summed E-state index contributed by atoms with van der Waals surface area (Å²) in [5.41, 5.74) is 2.79. The fraction of sp³-hybridized carbons (Fsp3) is 0.526. The molecule has 2 amide bonds. The Labute approximate surface area is 148 Å². The molecule has 0 radical (unpaired) electrons. The predicted octanol–water partition coefficient (Wildman–Crippen LogP) is 2.23. The molecule has 1 saturated heterocycles. The summed E-state index contributed by atoms with van der Waals surface area (Å²) in [5, 5.41) is 9.02. The molecule has 1 aromatic carbocycles. The number of likely N-dealkylation sites (tertiary alicyclic amines) is 1. The van der Waals surface area contributed by atoms with Crippen molar-refractivity contribution in [3.05, 3.63) is 34.9 Å². The molecule has 1 aromatic rings. The van der Waals surface area contributed by atoms with Crippen LogP contribution in [0, 0.1) is 13.8 Å². The van der Waals surface area contributed by atoms with Gasteiger partial charge in [-0.05, 0) is 44.7 Å². The van der Waals surface area contributed by atoms with Gasteiger partial charge in [-0.2, -0.15) is 0 Å². The molecule has 0 saturated carbocycles. The summed E-state index contributed by atoms with van der Waals surface area (Å²) in [4.78, 5) is 38.8. The van der Waals surface area contributed by atoms with E-state index in [-0.39, 0.29) is 24.4 Å². The predicted molar refractivity (Wildman–Crippen MR) is 94.5 cm³/mol. The molecule has 0 bridgehead atoms. The Morgan fingerprint density at radius 2 is 1.92 bits per heavy atom. The van der Waals surface area contributed by atoms with Crippen LogP contribution in [0.5, 0.6) is 0 Å². The van der Waals surface area contributed by atoms with Crippen LogP contribution < -0.4 is 0 Å². The highest BCUT2D eigenvalue weighted by molar-refractivity contribution is 5.95. The maximum atomic E-state index is 12.8. The molecule has 6 heteroatoms. The molecule has 1 heterocycles. The fourth-order valence-electron chi connectivity index (χ4n) is 3.46. The molecule has 1 unspecified atom stereocenters. The van der Waals surface area contributed by atoms with Crippen LogP contribution in [0.4, 0.5) is 0 Å². The fourth-order valence-corrected chi connectivity index (χ4v) is 3.46. The second-order valence-electron chi connectivity index (χ2n) is 6.74. The lowest BCUT2D eigenvalue weighted by Crippen LogP contribution is -2.43. The average Bonchev–Trinajstić information content (AvgIpc) is 2.77. The van der Waals surface area contributed by atoms with Crippen molar-refractivity contribution in [2.45, 2.75) is 46.1 Å². The molecule has 2 rings (SSSR count). The van der Waals surface area contributed by atoms with Crippen LogP contribution in [0.25, 0.3) is 0 Å². The van der Waals surface area contributed by atoms with Crippen molar-refractivity contribution in [2.24, 2.45) is 0 Å². The van der Waals surface area contributed by atoms with E-state index in [9.17, 15) is 14.4 Å². The van der Waals surface area contributed by atoms with Gasteiger partial charge >= 0.3 is 5.97 Å². The van der Waals surface area contributed by atoms with Crippen LogP contribution in [0.2, 0.25) is 0 Å². The molecule has 1 fully saturated rings. The Balaban J connectivity index is 2.08. The summed E-state index contributed by atoms with van der Waals surface area (Å²) < 4.78 is 0. The van der Waals surface area contributed by atoms with Gasteiger partial charge in [-0.15, -0.1) is 0 Å². The van der Waals surface area contributed by atoms with Crippen molar-refractivity contribution in [3.8, 4) is 0 Å². The number of aryl methyl sites for hydroxylation is 2. The molecule has 136 valence electrons. The second-order valence-corrected chi connectivity index (χ2v) is 6.74. The average molecular weight is 346 g/mol. The van der Waals surface area contributed by atoms with E-state index < -0.39 is 5.97 Å². The number of benzene rings is 1. The van der Waals surface area contributed by atoms with Crippen LogP contribution in [0.3, 0.4) is 0 Å². The summed E-state index contributed by atoms with van der Waals surface area (Å²) in [6.07, 6.45) is 2.07. The first kappa shape index (κ1) is 19.0. The van der Waals surface area contributed by atoms with Gasteiger partial charge < -0.3 is 14.9 Å². The molecular weight excluding hydrogens is 320 g/mol. The minimum atomic E-state index is -1.01. The van der Waals surface area contributed by atoms with Crippen LogP contribution in [0.15, 0.2) is 18.2 Å². The summed E-state index contributed by atoms with van der Waals surface area (Å²) in [7, 11) is 0. The van der Waals surface area contributed by atoms with E-state index in [1.807, 2.05) is 36.9 Å². The maximum Gasteiger partial charge on any atom is 0.323 e. The van der Waals surface area contributed by atoms with E-state index in [4.69, 9.17) is 5.11 Å². The smallest absolute Gasteiger partial charge is 0.323 e. The number of amides is 2. The number of carbonyl (C=O) groups excluding carboxylic acids is 2. The van der Waals surface area contributed by atoms with Crippen LogP contribution in [-0.2, 0) is 9.59 Å². The lowest BCUT2D eigenvalue weighted by molar-refractivity contribution is -0.145. The van der Waals surface area contributed by atoms with Crippen molar-refractivity contribution in [3.63, 3.8) is 0 Å². The monoisotopic (exact) mass is 346 g/mol. The van der Waals surface area contributed by atoms with Gasteiger partial charge in [0.15, 0.2) is 0 Å². The van der Waals surface area contributed by atoms with Gasteiger partial charge in [0, 0.05) is 31.6 Å². The van der Waals surface area contributed by atoms with Gasteiger partial charge in [-0.1, -0.05) is 17.7 Å². The second kappa shape index (κ2) is 8.14. The largest absolute Gasteiger partial charge is 0.480 e. The lowest BCUT2D eigenvalue weighted by atomic mass is 10.0. The Morgan fingerprint density at radius 1 is 1.20 bits per heavy atom. The highest BCUT2D eigenvalue weighted by Gasteiger charge is 2.28. The van der Waals surface area contributed by atoms with E-state index in [1.54, 1.807) is 0 Å². The molecule has 1 atom stereocenters. The Morgan fingerprint density at radius 3 is 2.52 bits per heavy atom. The lowest BCUT2D eigenvalue weighted by Gasteiger charge is -2.29. The van der Waals surface area contributed by atoms with E-state index in [0.29, 0.717) is 31.5 Å². The van der Waals surface area contributed by atoms with Crippen molar-refractivity contribution in [1.82, 2.24) is 9.80 Å². The van der Waals surface area contributed by atoms with Gasteiger partial charge in [0.25, 0.3) is 5.91 Å². The van der Waals surface area contributed by atoms with E-state index in [0.717, 1.165) is 17.5 Å². The zero-order valence-electron chi connectivity index (χ0n) is 15.1. The third-order valence-electron chi connectivity index (χ3n) is 4.75. The van der Waals surface area contributed by atoms with Crippen molar-refractivity contribution >= 4 is 17.8 Å². The molecule has 6 nitrogen and oxygen atoms in total. The minimum Gasteiger partial charge on any atom is -0.480 e. The Kier molecular flexibility index (Phi) is 6.17. The first-order chi connectivity index (χ1) is 11.8.